The molecule has 0 unspecified atom stereocenters. The summed E-state index contributed by atoms with van der Waals surface area (Å²) >= 11 is 0. The van der Waals surface area contributed by atoms with Crippen LogP contribution in [0.1, 0.15) is 157 Å². The molecule has 8 saturated carbocycles. The molecule has 0 aromatic rings. The van der Waals surface area contributed by atoms with E-state index in [2.05, 4.69) is 51.0 Å². The summed E-state index contributed by atoms with van der Waals surface area (Å²) in [5.74, 6) is 0.292. The van der Waals surface area contributed by atoms with E-state index in [0.29, 0.717) is 64.2 Å². The molecule has 18 nitrogen and oxygen atoms in total. The topological polar surface area (TPSA) is 347 Å². The van der Waals surface area contributed by atoms with E-state index in [1.54, 1.807) is 0 Å². The summed E-state index contributed by atoms with van der Waals surface area (Å²) in [6, 6.07) is -0.907. The van der Waals surface area contributed by atoms with Crippen molar-refractivity contribution in [1.29, 1.82) is 0 Å². The van der Waals surface area contributed by atoms with Gasteiger partial charge >= 0.3 is 73.6 Å². The fourth-order valence-corrected chi connectivity index (χ4v) is 19.4. The third kappa shape index (κ3) is 12.0. The van der Waals surface area contributed by atoms with E-state index < -0.39 is 62.4 Å². The maximum Gasteiger partial charge on any atom is 1.00 e. The number of ether oxygens (including phenoxy) is 1. The molecular weight excluding hydrogens is 974 g/mol. The van der Waals surface area contributed by atoms with E-state index in [-0.39, 0.29) is 169 Å². The van der Waals surface area contributed by atoms with Crippen LogP contribution in [0.15, 0.2) is 0 Å². The molecule has 8 rings (SSSR count). The van der Waals surface area contributed by atoms with E-state index in [1.807, 2.05) is 0 Å². The number of methoxy groups -OCH3 is 1. The van der Waals surface area contributed by atoms with Gasteiger partial charge in [-0.2, -0.15) is 13.1 Å². The van der Waals surface area contributed by atoms with Gasteiger partial charge in [0.15, 0.2) is 10.3 Å². The maximum atomic E-state index is 12.0. The Morgan fingerprint density at radius 1 is 0.657 bits per heavy atom. The Hall–Kier alpha value is 0.0764. The van der Waals surface area contributed by atoms with Crippen molar-refractivity contribution in [2.45, 2.75) is 194 Å². The summed E-state index contributed by atoms with van der Waals surface area (Å²) in [6.07, 6.45) is 10.1. The number of quaternary nitrogens is 1. The summed E-state index contributed by atoms with van der Waals surface area (Å²) in [7, 11) is -7.63. The summed E-state index contributed by atoms with van der Waals surface area (Å²) < 4.78 is 78.9. The molecule has 8 aliphatic carbocycles. The number of aliphatic hydroxyl groups excluding tert-OH is 4. The number of fused-ring (bicyclic) bond motifs is 10. The van der Waals surface area contributed by atoms with Crippen LogP contribution in [0, 0.1) is 92.7 Å². The first-order valence-corrected chi connectivity index (χ1v) is 28.4. The van der Waals surface area contributed by atoms with E-state index in [4.69, 9.17) is 9.84 Å². The SMILES string of the molecule is COC(=O)CC[C@@H](C)[C@H]1CC[C@H]2[C@@H]3[C@H](NS(=O)(=O)O)C[C@@H]4C[C@H](O)CC[C@]4(C)[C@H]3C[C@H](O)[C@]12C.C[C@H](CCC(=O)O)[C@H]1CC[C@H]2[C@@H]3[C@H](NS(=O)(=O)[O-])C[C@@H]4C[C@H](O)CC[C@]4(C)[C@H]3C[C@H](O)[C@]12C.[K+].[NH4+].[OH-]. The van der Waals surface area contributed by atoms with Crippen LogP contribution in [0.5, 0.6) is 0 Å². The van der Waals surface area contributed by atoms with Gasteiger partial charge in [-0.05, 0) is 195 Å². The molecule has 22 atom stereocenters. The number of hydrogen-bond acceptors (Lipinski definition) is 13. The minimum atomic E-state index is -4.65. The first-order chi connectivity index (χ1) is 31.1. The van der Waals surface area contributed by atoms with Gasteiger partial charge in [-0.25, -0.2) is 13.1 Å². The van der Waals surface area contributed by atoms with Crippen LogP contribution < -0.4 is 67.0 Å². The van der Waals surface area contributed by atoms with Crippen molar-refractivity contribution in [2.24, 2.45) is 92.7 Å². The monoisotopic (exact) mass is 1060 g/mol. The zero-order valence-electron chi connectivity index (χ0n) is 43.3. The van der Waals surface area contributed by atoms with Crippen molar-refractivity contribution in [3.63, 3.8) is 0 Å². The number of carboxylic acids is 1. The summed E-state index contributed by atoms with van der Waals surface area (Å²) in [5.41, 5.74) is -1.00. The number of carboxylic acid groups (broad SMARTS) is 1. The molecule has 0 aliphatic heterocycles. The van der Waals surface area contributed by atoms with Crippen LogP contribution in [0.3, 0.4) is 0 Å². The van der Waals surface area contributed by atoms with Crippen LogP contribution >= 0.6 is 0 Å². The van der Waals surface area contributed by atoms with Crippen molar-refractivity contribution >= 4 is 32.5 Å². The second-order valence-electron chi connectivity index (χ2n) is 24.3. The van der Waals surface area contributed by atoms with Crippen LogP contribution in [0.25, 0.3) is 0 Å². The Balaban J connectivity index is 0.000000292. The number of rotatable bonds is 12. The zero-order chi connectivity index (χ0) is 49.4. The molecule has 0 aromatic heterocycles. The predicted octanol–water partition coefficient (Wildman–Crippen LogP) is 2.65. The summed E-state index contributed by atoms with van der Waals surface area (Å²) in [5, 5.41) is 53.1. The first-order valence-electron chi connectivity index (χ1n) is 25.6. The fourth-order valence-electron chi connectivity index (χ4n) is 18.2. The number of hydrogen-bond donors (Lipinski definition) is 9. The molecule has 402 valence electrons. The third-order valence-corrected chi connectivity index (χ3v) is 22.7. The smallest absolute Gasteiger partial charge is 0.870 e. The molecule has 0 spiro atoms. The van der Waals surface area contributed by atoms with Gasteiger partial charge in [-0.3, -0.25) is 14.1 Å². The number of aliphatic hydroxyl groups is 4. The van der Waals surface area contributed by atoms with E-state index >= 15 is 0 Å². The van der Waals surface area contributed by atoms with Gasteiger partial charge in [-0.15, -0.1) is 0 Å². The number of carbonyl (C=O) groups excluding carboxylic acids is 1. The Kier molecular flexibility index (Phi) is 20.9. The van der Waals surface area contributed by atoms with Crippen LogP contribution in [0.2, 0.25) is 0 Å². The second-order valence-corrected chi connectivity index (χ2v) is 26.6. The molecule has 0 heterocycles. The molecule has 8 fully saturated rings. The number of esters is 1. The van der Waals surface area contributed by atoms with Crippen molar-refractivity contribution < 1.29 is 123 Å². The van der Waals surface area contributed by atoms with Gasteiger partial charge in [0.05, 0.1) is 31.5 Å². The molecule has 70 heavy (non-hydrogen) atoms. The van der Waals surface area contributed by atoms with E-state index in [9.17, 15) is 56.0 Å². The molecule has 0 radical (unpaired) electrons. The quantitative estimate of drug-likeness (QED) is 0.0771. The molecule has 8 aliphatic rings. The van der Waals surface area contributed by atoms with Crippen molar-refractivity contribution in [2.75, 3.05) is 7.11 Å². The van der Waals surface area contributed by atoms with Crippen molar-refractivity contribution in [3.8, 4) is 0 Å². The summed E-state index contributed by atoms with van der Waals surface area (Å²) in [6.45, 7) is 13.0. The molecule has 0 saturated heterocycles. The zero-order valence-corrected chi connectivity index (χ0v) is 48.1. The number of carbonyl (C=O) groups is 2. The Morgan fingerprint density at radius 3 is 1.43 bits per heavy atom. The van der Waals surface area contributed by atoms with Gasteiger partial charge in [-0.1, -0.05) is 41.5 Å². The first kappa shape index (κ1) is 62.6. The Morgan fingerprint density at radius 2 is 1.06 bits per heavy atom. The normalized spacial score (nSPS) is 45.8. The average molecular weight is 1060 g/mol. The summed E-state index contributed by atoms with van der Waals surface area (Å²) in [4.78, 5) is 22.9. The molecule has 0 amide bonds. The Bertz CT molecular complexity index is 2040. The van der Waals surface area contributed by atoms with Gasteiger partial charge in [0.2, 0.25) is 0 Å². The minimum Gasteiger partial charge on any atom is -0.870 e. The largest absolute Gasteiger partial charge is 1.00 e. The Labute approximate surface area is 460 Å². The van der Waals surface area contributed by atoms with Crippen molar-refractivity contribution in [3.05, 3.63) is 0 Å². The maximum absolute atomic E-state index is 12.0. The van der Waals surface area contributed by atoms with Gasteiger partial charge in [0.25, 0.3) is 0 Å². The van der Waals surface area contributed by atoms with E-state index in [0.717, 1.165) is 44.9 Å². The van der Waals surface area contributed by atoms with Crippen LogP contribution in [-0.2, 0) is 34.9 Å². The number of aliphatic carboxylic acids is 1. The molecule has 13 N–H and O–H groups in total. The predicted molar refractivity (Wildman–Crippen MR) is 255 cm³/mol. The van der Waals surface area contributed by atoms with Crippen molar-refractivity contribution in [1.82, 2.24) is 15.6 Å². The standard InChI is InChI=1S/C25H43NO7S.C24H41NO7S.K.H3N.H2O/c1-14(5-8-22(29)33-4)17-6-7-18-23-19(13-21(28)25(17,18)3)24(2)10-9-16(27)11-15(24)12-20(23)26-34(30,31)32;1-13(4-7-21(28)29)16-5-6-17-22-18(12-20(27)24(16,17)3)23(2)9-8-15(26)10-14(23)11-19(22)25-33(30,31)32;;;/h14-21,23,26-28H,5-13H2,1-4H3,(H,30,31,32);13-20,22,25-27H,4-12H2,1-3H3,(H,28,29)(H,30,31,32);;1H3;1H2/q;;+1;;/p-1/t14-,15+,16-,17-,18+,19+,20-,21+,23+,24+,25-;13-,14+,15-,16-,17+,18+,19-,20+,22+,23+,24-;;;/m11.../s1. The minimum absolute atomic E-state index is 0. The fraction of sp³-hybridized carbons (Fsp3) is 0.959. The molecular formula is C49H88KN3O15S2. The van der Waals surface area contributed by atoms with E-state index in [1.165, 1.54) is 7.11 Å². The van der Waals surface area contributed by atoms with Gasteiger partial charge in [0, 0.05) is 24.9 Å². The average Bonchev–Trinajstić information content (AvgIpc) is 3.78. The third-order valence-electron chi connectivity index (χ3n) is 21.5. The molecule has 21 heteroatoms. The van der Waals surface area contributed by atoms with Crippen LogP contribution in [0.4, 0.5) is 0 Å². The van der Waals surface area contributed by atoms with Gasteiger partial charge in [0.1, 0.15) is 0 Å². The molecule has 0 aromatic carbocycles. The van der Waals surface area contributed by atoms with Gasteiger partial charge < -0.3 is 46.4 Å². The molecule has 0 bridgehead atoms. The second kappa shape index (κ2) is 23.4. The van der Waals surface area contributed by atoms with Crippen LogP contribution in [-0.4, -0.2) is 112 Å². The number of nitrogens with one attached hydrogen (secondary N) is 2.